The molecule has 158 valence electrons. The molecule has 1 aromatic rings. The molecule has 1 heterocycles. The smallest absolute Gasteiger partial charge is 0.0787 e. The average Bonchev–Trinajstić information content (AvgIpc) is 3.35. The van der Waals surface area contributed by atoms with Crippen molar-refractivity contribution < 1.29 is 4.74 Å². The maximum atomic E-state index is 5.48. The van der Waals surface area contributed by atoms with Crippen LogP contribution in [0, 0.1) is 12.8 Å². The number of thioether (sulfide) groups is 2. The molecule has 3 rings (SSSR count). The van der Waals surface area contributed by atoms with Crippen molar-refractivity contribution in [2.24, 2.45) is 11.0 Å². The zero-order chi connectivity index (χ0) is 20.8. The van der Waals surface area contributed by atoms with Crippen LogP contribution in [-0.2, 0) is 4.74 Å². The average molecular weight is 431 g/mol. The predicted octanol–water partition coefficient (Wildman–Crippen LogP) is 6.16. The van der Waals surface area contributed by atoms with Gasteiger partial charge in [-0.25, -0.2) is 0 Å². The van der Waals surface area contributed by atoms with Crippen LogP contribution in [0.4, 0.5) is 0 Å². The monoisotopic (exact) mass is 430 g/mol. The second kappa shape index (κ2) is 10.7. The van der Waals surface area contributed by atoms with Crippen molar-refractivity contribution in [3.8, 4) is 0 Å². The molecule has 1 fully saturated rings. The minimum absolute atomic E-state index is 0.318. The summed E-state index contributed by atoms with van der Waals surface area (Å²) >= 11 is 3.79. The highest BCUT2D eigenvalue weighted by atomic mass is 32.2. The molecule has 0 bridgehead atoms. The van der Waals surface area contributed by atoms with Gasteiger partial charge in [0.15, 0.2) is 0 Å². The lowest BCUT2D eigenvalue weighted by Crippen LogP contribution is -2.33. The van der Waals surface area contributed by atoms with Gasteiger partial charge >= 0.3 is 0 Å². The molecule has 2 atom stereocenters. The summed E-state index contributed by atoms with van der Waals surface area (Å²) in [5, 5.41) is 7.95. The fourth-order valence-electron chi connectivity index (χ4n) is 3.92. The molecule has 1 aliphatic heterocycles. The van der Waals surface area contributed by atoms with E-state index in [1.807, 2.05) is 23.5 Å². The number of rotatable bonds is 9. The molecule has 29 heavy (non-hydrogen) atoms. The molecule has 0 spiro atoms. The van der Waals surface area contributed by atoms with Gasteiger partial charge in [0.1, 0.15) is 0 Å². The molecule has 3 nitrogen and oxygen atoms in total. The number of nitrogens with zero attached hydrogens (tertiary/aromatic N) is 2. The van der Waals surface area contributed by atoms with E-state index in [0.717, 1.165) is 26.0 Å². The lowest BCUT2D eigenvalue weighted by molar-refractivity contribution is 0.118. The van der Waals surface area contributed by atoms with Crippen molar-refractivity contribution in [2.75, 3.05) is 26.5 Å². The van der Waals surface area contributed by atoms with Crippen molar-refractivity contribution in [1.29, 1.82) is 0 Å². The van der Waals surface area contributed by atoms with E-state index in [1.54, 1.807) is 7.11 Å². The van der Waals surface area contributed by atoms with Gasteiger partial charge in [-0.05, 0) is 56.1 Å². The Morgan fingerprint density at radius 3 is 2.69 bits per heavy atom. The molecule has 1 saturated heterocycles. The van der Waals surface area contributed by atoms with Crippen molar-refractivity contribution in [3.63, 3.8) is 0 Å². The Hall–Kier alpha value is -1.17. The highest BCUT2D eigenvalue weighted by Gasteiger charge is 2.30. The van der Waals surface area contributed by atoms with Crippen molar-refractivity contribution in [3.05, 3.63) is 52.5 Å². The summed E-state index contributed by atoms with van der Waals surface area (Å²) < 4.78 is 5.48. The van der Waals surface area contributed by atoms with Gasteiger partial charge in [0, 0.05) is 23.5 Å². The van der Waals surface area contributed by atoms with E-state index in [4.69, 9.17) is 9.84 Å². The van der Waals surface area contributed by atoms with E-state index in [-0.39, 0.29) is 0 Å². The molecular formula is C24H34N2OS2. The Bertz CT molecular complexity index is 768. The van der Waals surface area contributed by atoms with Crippen LogP contribution in [0.3, 0.4) is 0 Å². The van der Waals surface area contributed by atoms with Gasteiger partial charge < -0.3 is 4.74 Å². The lowest BCUT2D eigenvalue weighted by Gasteiger charge is -2.28. The molecule has 5 heteroatoms. The molecule has 0 aromatic heterocycles. The molecule has 0 radical (unpaired) electrons. The van der Waals surface area contributed by atoms with Crippen LogP contribution in [0.15, 0.2) is 56.9 Å². The molecule has 0 amide bonds. The number of hydrogen-bond acceptors (Lipinski definition) is 5. The zero-order valence-electron chi connectivity index (χ0n) is 18.4. The minimum atomic E-state index is 0.318. The predicted molar refractivity (Wildman–Crippen MR) is 129 cm³/mol. The van der Waals surface area contributed by atoms with Gasteiger partial charge in [-0.2, -0.15) is 5.10 Å². The molecular weight excluding hydrogens is 396 g/mol. The summed E-state index contributed by atoms with van der Waals surface area (Å²) in [6.45, 7) is 8.55. The third-order valence-corrected chi connectivity index (χ3v) is 7.91. The third-order valence-electron chi connectivity index (χ3n) is 5.52. The summed E-state index contributed by atoms with van der Waals surface area (Å²) in [5.74, 6) is 0.486. The molecule has 0 saturated carbocycles. The fraction of sp³-hybridized carbons (Fsp3) is 0.542. The molecule has 1 aliphatic carbocycles. The van der Waals surface area contributed by atoms with Gasteiger partial charge in [0.05, 0.1) is 23.6 Å². The van der Waals surface area contributed by atoms with Gasteiger partial charge in [-0.3, -0.25) is 5.01 Å². The molecule has 2 unspecified atom stereocenters. The topological polar surface area (TPSA) is 24.8 Å². The second-order valence-corrected chi connectivity index (χ2v) is 10.2. The zero-order valence-corrected chi connectivity index (χ0v) is 20.0. The summed E-state index contributed by atoms with van der Waals surface area (Å²) in [7, 11) is 1.79. The number of allylic oxidation sites excluding steroid dienone is 3. The molecule has 2 aliphatic rings. The van der Waals surface area contributed by atoms with Crippen LogP contribution in [0.1, 0.15) is 38.7 Å². The molecule has 0 N–H and O–H groups in total. The normalized spacial score (nSPS) is 21.0. The van der Waals surface area contributed by atoms with Crippen LogP contribution in [0.25, 0.3) is 0 Å². The summed E-state index contributed by atoms with van der Waals surface area (Å²) in [6, 6.07) is 9.28. The lowest BCUT2D eigenvalue weighted by atomic mass is 9.99. The number of methoxy groups -OCH3 is 1. The standard InChI is InChI=1S/C24H34N2OS2/c1-17(2)24(29-20-13-11-18(3)12-14-20)23(21-9-6-10-22(21)28-5)25-26-15-7-8-19(26)16-27-4/h6,10-14,17,19,24H,7-9,15-16H2,1-5H3/b25-23-. The highest BCUT2D eigenvalue weighted by Crippen LogP contribution is 2.37. The van der Waals surface area contributed by atoms with E-state index in [0.29, 0.717) is 17.2 Å². The first-order chi connectivity index (χ1) is 14.0. The maximum absolute atomic E-state index is 5.48. The first-order valence-electron chi connectivity index (χ1n) is 10.5. The Kier molecular flexibility index (Phi) is 8.34. The minimum Gasteiger partial charge on any atom is -0.382 e. The van der Waals surface area contributed by atoms with Gasteiger partial charge in [0.25, 0.3) is 0 Å². The SMILES string of the molecule is COCC1CCCN1/N=C(/C1=C(SC)C=CC1)C(Sc1ccc(C)cc1)C(C)C. The van der Waals surface area contributed by atoms with Gasteiger partial charge in [0.2, 0.25) is 0 Å². The number of benzene rings is 1. The van der Waals surface area contributed by atoms with E-state index in [9.17, 15) is 0 Å². The Labute approximate surface area is 185 Å². The van der Waals surface area contributed by atoms with Crippen molar-refractivity contribution >= 4 is 29.2 Å². The van der Waals surface area contributed by atoms with Crippen LogP contribution in [0.2, 0.25) is 0 Å². The maximum Gasteiger partial charge on any atom is 0.0787 e. The van der Waals surface area contributed by atoms with Gasteiger partial charge in [-0.15, -0.1) is 23.5 Å². The van der Waals surface area contributed by atoms with E-state index in [2.05, 4.69) is 68.5 Å². The van der Waals surface area contributed by atoms with Crippen LogP contribution < -0.4 is 0 Å². The summed E-state index contributed by atoms with van der Waals surface area (Å²) in [6.07, 6.45) is 10.0. The highest BCUT2D eigenvalue weighted by molar-refractivity contribution is 8.02. The third kappa shape index (κ3) is 5.71. The van der Waals surface area contributed by atoms with Crippen LogP contribution >= 0.6 is 23.5 Å². The van der Waals surface area contributed by atoms with Crippen molar-refractivity contribution in [2.45, 2.75) is 56.2 Å². The number of hydrogen-bond donors (Lipinski definition) is 0. The van der Waals surface area contributed by atoms with E-state index < -0.39 is 0 Å². The van der Waals surface area contributed by atoms with Crippen LogP contribution in [-0.4, -0.2) is 48.5 Å². The number of aryl methyl sites for hydroxylation is 1. The van der Waals surface area contributed by atoms with E-state index >= 15 is 0 Å². The summed E-state index contributed by atoms with van der Waals surface area (Å²) in [5.41, 5.74) is 3.96. The first kappa shape index (κ1) is 22.5. The van der Waals surface area contributed by atoms with Gasteiger partial charge in [-0.1, -0.05) is 43.7 Å². The number of hydrazone groups is 1. The first-order valence-corrected chi connectivity index (χ1v) is 12.6. The quantitative estimate of drug-likeness (QED) is 0.346. The Morgan fingerprint density at radius 1 is 1.28 bits per heavy atom. The number of ether oxygens (including phenoxy) is 1. The Balaban J connectivity index is 1.97. The van der Waals surface area contributed by atoms with Crippen LogP contribution in [0.5, 0.6) is 0 Å². The largest absolute Gasteiger partial charge is 0.382 e. The molecule has 1 aromatic carbocycles. The Morgan fingerprint density at radius 2 is 2.03 bits per heavy atom. The fourth-order valence-corrected chi connectivity index (χ4v) is 5.75. The van der Waals surface area contributed by atoms with Crippen molar-refractivity contribution in [1.82, 2.24) is 5.01 Å². The second-order valence-electron chi connectivity index (χ2n) is 8.15. The van der Waals surface area contributed by atoms with E-state index in [1.165, 1.54) is 33.1 Å². The summed E-state index contributed by atoms with van der Waals surface area (Å²) in [4.78, 5) is 2.68.